The second kappa shape index (κ2) is 9.70. The fraction of sp³-hybridized carbons (Fsp3) is 0.100. The number of amides is 1. The Hall–Kier alpha value is -3.26. The van der Waals surface area contributed by atoms with Crippen molar-refractivity contribution in [1.29, 1.82) is 5.26 Å². The Morgan fingerprint density at radius 1 is 1.29 bits per heavy atom. The number of nitrogens with zero attached hydrogens (tertiary/aromatic N) is 3. The van der Waals surface area contributed by atoms with Crippen LogP contribution in [-0.4, -0.2) is 29.9 Å². The molecular formula is C20H15ClN4O4S2. The number of benzene rings is 2. The molecule has 0 saturated heterocycles. The number of halogens is 1. The molecule has 0 atom stereocenters. The molecule has 3 rings (SSSR count). The van der Waals surface area contributed by atoms with Gasteiger partial charge in [-0.1, -0.05) is 48.0 Å². The van der Waals surface area contributed by atoms with E-state index >= 15 is 0 Å². The molecule has 1 heterocycles. The number of nitriles is 1. The second-order valence-electron chi connectivity index (χ2n) is 6.24. The van der Waals surface area contributed by atoms with Gasteiger partial charge in [-0.25, -0.2) is 8.42 Å². The zero-order chi connectivity index (χ0) is 22.4. The molecule has 1 amide bonds. The summed E-state index contributed by atoms with van der Waals surface area (Å²) in [5, 5.41) is 11.6. The number of carbonyl (C=O) groups excluding carboxylic acids is 1. The Kier molecular flexibility index (Phi) is 7.02. The monoisotopic (exact) mass is 474 g/mol. The summed E-state index contributed by atoms with van der Waals surface area (Å²) in [5.74, 6) is -0.285. The molecule has 1 N–H and O–H groups in total. The number of nitrogens with one attached hydrogen (secondary N) is 1. The number of hydrogen-bond donors (Lipinski definition) is 1. The van der Waals surface area contributed by atoms with Gasteiger partial charge in [-0.15, -0.1) is 0 Å². The van der Waals surface area contributed by atoms with Crippen LogP contribution in [0.3, 0.4) is 0 Å². The summed E-state index contributed by atoms with van der Waals surface area (Å²) in [6, 6.07) is 16.3. The molecule has 0 aliphatic rings. The topological polar surface area (TPSA) is 122 Å². The van der Waals surface area contributed by atoms with Crippen molar-refractivity contribution < 1.29 is 17.9 Å². The molecule has 8 nitrogen and oxygen atoms in total. The van der Waals surface area contributed by atoms with Crippen LogP contribution in [0.1, 0.15) is 11.1 Å². The quantitative estimate of drug-likeness (QED) is 0.409. The van der Waals surface area contributed by atoms with Crippen LogP contribution in [0.5, 0.6) is 5.75 Å². The maximum Gasteiger partial charge on any atom is 0.268 e. The zero-order valence-electron chi connectivity index (χ0n) is 16.1. The van der Waals surface area contributed by atoms with Crippen molar-refractivity contribution in [3.05, 3.63) is 70.3 Å². The zero-order valence-corrected chi connectivity index (χ0v) is 18.5. The van der Waals surface area contributed by atoms with Crippen LogP contribution in [0.15, 0.2) is 59.3 Å². The number of anilines is 1. The summed E-state index contributed by atoms with van der Waals surface area (Å²) in [4.78, 5) is 16.1. The van der Waals surface area contributed by atoms with Gasteiger partial charge >= 0.3 is 0 Å². The van der Waals surface area contributed by atoms with Crippen LogP contribution in [0.4, 0.5) is 5.13 Å². The first kappa shape index (κ1) is 22.4. The first-order chi connectivity index (χ1) is 14.8. The molecule has 0 aliphatic carbocycles. The molecule has 31 heavy (non-hydrogen) atoms. The predicted octanol–water partition coefficient (Wildman–Crippen LogP) is 3.72. The van der Waals surface area contributed by atoms with Gasteiger partial charge in [-0.05, 0) is 29.3 Å². The molecule has 1 aromatic heterocycles. The largest absolute Gasteiger partial charge is 0.487 e. The average Bonchev–Trinajstić information content (AvgIpc) is 3.21. The molecule has 2 aromatic carbocycles. The smallest absolute Gasteiger partial charge is 0.268 e. The maximum absolute atomic E-state index is 12.3. The van der Waals surface area contributed by atoms with Gasteiger partial charge in [-0.2, -0.15) is 14.6 Å². The Balaban J connectivity index is 1.71. The van der Waals surface area contributed by atoms with Crippen LogP contribution in [-0.2, 0) is 21.2 Å². The minimum absolute atomic E-state index is 0.0331. The van der Waals surface area contributed by atoms with Crippen LogP contribution in [0.2, 0.25) is 5.02 Å². The van der Waals surface area contributed by atoms with E-state index in [9.17, 15) is 18.5 Å². The third-order valence-corrected chi connectivity index (χ3v) is 5.72. The average molecular weight is 475 g/mol. The Morgan fingerprint density at radius 2 is 2.03 bits per heavy atom. The summed E-state index contributed by atoms with van der Waals surface area (Å²) >= 11 is 6.97. The lowest BCUT2D eigenvalue weighted by atomic mass is 10.1. The van der Waals surface area contributed by atoms with E-state index in [1.165, 1.54) is 6.08 Å². The van der Waals surface area contributed by atoms with Gasteiger partial charge < -0.3 is 4.74 Å². The summed E-state index contributed by atoms with van der Waals surface area (Å²) in [5.41, 5.74) is 1.28. The van der Waals surface area contributed by atoms with Gasteiger partial charge in [0.05, 0.1) is 5.02 Å². The van der Waals surface area contributed by atoms with Crippen LogP contribution >= 0.6 is 23.1 Å². The van der Waals surface area contributed by atoms with Crippen molar-refractivity contribution in [2.75, 3.05) is 11.6 Å². The molecule has 0 aliphatic heterocycles. The van der Waals surface area contributed by atoms with Gasteiger partial charge in [0.15, 0.2) is 0 Å². The Bertz CT molecular complexity index is 1280. The van der Waals surface area contributed by atoms with E-state index < -0.39 is 20.9 Å². The summed E-state index contributed by atoms with van der Waals surface area (Å²) in [7, 11) is -3.59. The van der Waals surface area contributed by atoms with E-state index in [2.05, 4.69) is 14.7 Å². The van der Waals surface area contributed by atoms with E-state index in [-0.39, 0.29) is 10.7 Å². The summed E-state index contributed by atoms with van der Waals surface area (Å²) in [6.45, 7) is 0.346. The number of aromatic nitrogens is 2. The van der Waals surface area contributed by atoms with Crippen molar-refractivity contribution >= 4 is 50.1 Å². The van der Waals surface area contributed by atoms with Gasteiger partial charge in [0.1, 0.15) is 24.0 Å². The van der Waals surface area contributed by atoms with Crippen molar-refractivity contribution in [1.82, 2.24) is 9.36 Å². The van der Waals surface area contributed by atoms with E-state index in [1.807, 2.05) is 30.3 Å². The first-order valence-electron chi connectivity index (χ1n) is 8.69. The molecule has 11 heteroatoms. The van der Waals surface area contributed by atoms with Crippen molar-refractivity contribution in [2.24, 2.45) is 0 Å². The van der Waals surface area contributed by atoms with E-state index in [4.69, 9.17) is 16.3 Å². The third-order valence-electron chi connectivity index (χ3n) is 3.83. The molecule has 0 bridgehead atoms. The SMILES string of the molecule is CS(=O)(=O)c1nsc(NC(=O)C(C#N)=Cc2ccc(OCc3ccccc3)c(Cl)c2)n1. The molecule has 0 unspecified atom stereocenters. The number of rotatable bonds is 7. The Labute approximate surface area is 187 Å². The van der Waals surface area contributed by atoms with Crippen molar-refractivity contribution in [2.45, 2.75) is 11.8 Å². The Morgan fingerprint density at radius 3 is 2.65 bits per heavy atom. The number of carbonyl (C=O) groups is 1. The second-order valence-corrected chi connectivity index (χ2v) is 9.31. The van der Waals surface area contributed by atoms with Crippen molar-refractivity contribution in [3.8, 4) is 11.8 Å². The molecule has 0 saturated carbocycles. The van der Waals surface area contributed by atoms with E-state index in [0.717, 1.165) is 11.8 Å². The lowest BCUT2D eigenvalue weighted by Crippen LogP contribution is -2.13. The standard InChI is InChI=1S/C20H15ClN4O4S2/c1-31(27,28)20-24-19(30-25-20)23-18(26)15(11-22)9-14-7-8-17(16(21)10-14)29-12-13-5-3-2-4-6-13/h2-10H,12H2,1H3,(H,23,24,25,26). The van der Waals surface area contributed by atoms with E-state index in [0.29, 0.717) is 34.5 Å². The normalized spacial score (nSPS) is 11.6. The fourth-order valence-corrected chi connectivity index (χ4v) is 4.03. The van der Waals surface area contributed by atoms with E-state index in [1.54, 1.807) is 24.3 Å². The molecule has 158 valence electrons. The molecule has 0 radical (unpaired) electrons. The highest BCUT2D eigenvalue weighted by atomic mass is 35.5. The van der Waals surface area contributed by atoms with Gasteiger partial charge in [0.2, 0.25) is 15.0 Å². The third kappa shape index (κ3) is 6.11. The number of sulfone groups is 1. The first-order valence-corrected chi connectivity index (χ1v) is 11.7. The molecule has 0 fully saturated rings. The van der Waals surface area contributed by atoms with Crippen LogP contribution in [0.25, 0.3) is 6.08 Å². The highest BCUT2D eigenvalue weighted by molar-refractivity contribution is 7.90. The maximum atomic E-state index is 12.3. The predicted molar refractivity (Wildman–Crippen MR) is 117 cm³/mol. The lowest BCUT2D eigenvalue weighted by molar-refractivity contribution is -0.112. The fourth-order valence-electron chi connectivity index (χ4n) is 2.35. The summed E-state index contributed by atoms with van der Waals surface area (Å²) < 4.78 is 32.2. The van der Waals surface area contributed by atoms with Crippen molar-refractivity contribution in [3.63, 3.8) is 0 Å². The summed E-state index contributed by atoms with van der Waals surface area (Å²) in [6.07, 6.45) is 2.30. The molecule has 3 aromatic rings. The number of ether oxygens (including phenoxy) is 1. The minimum atomic E-state index is -3.59. The van der Waals surface area contributed by atoms with Gasteiger partial charge in [0.25, 0.3) is 11.1 Å². The van der Waals surface area contributed by atoms with Gasteiger partial charge in [-0.3, -0.25) is 10.1 Å². The highest BCUT2D eigenvalue weighted by Crippen LogP contribution is 2.27. The van der Waals surface area contributed by atoms with Crippen LogP contribution in [0, 0.1) is 11.3 Å². The molecule has 0 spiro atoms. The van der Waals surface area contributed by atoms with Gasteiger partial charge in [0, 0.05) is 17.8 Å². The lowest BCUT2D eigenvalue weighted by Gasteiger charge is -2.09. The van der Waals surface area contributed by atoms with Crippen LogP contribution < -0.4 is 10.1 Å². The minimum Gasteiger partial charge on any atom is -0.487 e. The highest BCUT2D eigenvalue weighted by Gasteiger charge is 2.17. The number of hydrogen-bond acceptors (Lipinski definition) is 8. The molecular weight excluding hydrogens is 460 g/mol.